The fourth-order valence-electron chi connectivity index (χ4n) is 3.51. The molecule has 3 aromatic carbocycles. The fraction of sp³-hybridized carbons (Fsp3) is 0.231. The van der Waals surface area contributed by atoms with Crippen LogP contribution in [0.15, 0.2) is 78.9 Å². The molecule has 7 nitrogen and oxygen atoms in total. The minimum absolute atomic E-state index is 0.117. The first-order chi connectivity index (χ1) is 16.1. The Morgan fingerprint density at radius 1 is 0.970 bits per heavy atom. The second kappa shape index (κ2) is 10.5. The van der Waals surface area contributed by atoms with Crippen molar-refractivity contribution in [2.24, 2.45) is 0 Å². The minimum Gasteiger partial charge on any atom is -0.494 e. The summed E-state index contributed by atoms with van der Waals surface area (Å²) in [7, 11) is 0. The highest BCUT2D eigenvalue weighted by atomic mass is 16.5. The van der Waals surface area contributed by atoms with E-state index >= 15 is 0 Å². The topological polar surface area (TPSA) is 77.1 Å². The zero-order chi connectivity index (χ0) is 23.0. The van der Waals surface area contributed by atoms with Crippen LogP contribution in [0, 0.1) is 0 Å². The molecule has 7 heteroatoms. The van der Waals surface area contributed by atoms with Gasteiger partial charge in [-0.05, 0) is 55.8 Å². The zero-order valence-electron chi connectivity index (χ0n) is 18.4. The van der Waals surface area contributed by atoms with Crippen LogP contribution in [0.4, 0.5) is 11.4 Å². The molecule has 1 aliphatic heterocycles. The summed E-state index contributed by atoms with van der Waals surface area (Å²) < 4.78 is 17.0. The van der Waals surface area contributed by atoms with Crippen LogP contribution in [0.1, 0.15) is 13.3 Å². The molecule has 33 heavy (non-hydrogen) atoms. The number of hydrogen-bond donors (Lipinski definition) is 1. The summed E-state index contributed by atoms with van der Waals surface area (Å²) in [5, 5.41) is 2.82. The Bertz CT molecular complexity index is 1090. The van der Waals surface area contributed by atoms with E-state index in [1.54, 1.807) is 42.2 Å². The molecular weight excluding hydrogens is 420 g/mol. The average molecular weight is 447 g/mol. The first-order valence-corrected chi connectivity index (χ1v) is 10.9. The van der Waals surface area contributed by atoms with Gasteiger partial charge in [0.2, 0.25) is 0 Å². The largest absolute Gasteiger partial charge is 0.494 e. The maximum Gasteiger partial charge on any atom is 0.267 e. The number of para-hydroxylation sites is 2. The molecule has 1 N–H and O–H groups in total. The van der Waals surface area contributed by atoms with E-state index in [1.165, 1.54) is 0 Å². The molecule has 0 fully saturated rings. The number of ether oxygens (including phenoxy) is 3. The van der Waals surface area contributed by atoms with Crippen LogP contribution in [-0.4, -0.2) is 37.7 Å². The third-order valence-corrected chi connectivity index (χ3v) is 5.10. The van der Waals surface area contributed by atoms with Gasteiger partial charge in [-0.3, -0.25) is 9.59 Å². The number of carbonyl (C=O) groups is 2. The maximum absolute atomic E-state index is 12.8. The molecule has 0 saturated carbocycles. The molecule has 170 valence electrons. The van der Waals surface area contributed by atoms with Crippen LogP contribution in [0.25, 0.3) is 0 Å². The minimum atomic E-state index is -0.577. The molecule has 0 radical (unpaired) electrons. The number of benzene rings is 3. The second-order valence-corrected chi connectivity index (χ2v) is 7.60. The molecule has 4 rings (SSSR count). The van der Waals surface area contributed by atoms with Crippen molar-refractivity contribution in [2.75, 3.05) is 30.0 Å². The van der Waals surface area contributed by atoms with Gasteiger partial charge in [-0.25, -0.2) is 0 Å². The lowest BCUT2D eigenvalue weighted by molar-refractivity contribution is -0.125. The van der Waals surface area contributed by atoms with Gasteiger partial charge in [0, 0.05) is 12.2 Å². The number of nitrogens with zero attached hydrogens (tertiary/aromatic N) is 1. The van der Waals surface area contributed by atoms with Crippen LogP contribution in [0.3, 0.4) is 0 Å². The van der Waals surface area contributed by atoms with Crippen molar-refractivity contribution in [1.29, 1.82) is 0 Å². The van der Waals surface area contributed by atoms with Crippen molar-refractivity contribution < 1.29 is 23.8 Å². The summed E-state index contributed by atoms with van der Waals surface area (Å²) in [6.07, 6.45) is 0.0705. The Labute approximate surface area is 192 Å². The van der Waals surface area contributed by atoms with E-state index in [9.17, 15) is 9.59 Å². The lowest BCUT2D eigenvalue weighted by Gasteiger charge is -2.33. The summed E-state index contributed by atoms with van der Waals surface area (Å²) in [5.41, 5.74) is 1.19. The zero-order valence-corrected chi connectivity index (χ0v) is 18.4. The SMILES string of the molecule is CC1Oc2ccc(NC(=O)COc3ccccc3)cc2N(CCCOc2ccccc2)C1=O. The van der Waals surface area contributed by atoms with Gasteiger partial charge in [-0.2, -0.15) is 0 Å². The number of nitrogens with one attached hydrogen (secondary N) is 1. The Morgan fingerprint density at radius 3 is 2.33 bits per heavy atom. The lowest BCUT2D eigenvalue weighted by Crippen LogP contribution is -2.45. The van der Waals surface area contributed by atoms with Crippen molar-refractivity contribution in [2.45, 2.75) is 19.4 Å². The summed E-state index contributed by atoms with van der Waals surface area (Å²) in [6, 6.07) is 24.0. The van der Waals surface area contributed by atoms with Gasteiger partial charge in [0.1, 0.15) is 17.2 Å². The van der Waals surface area contributed by atoms with Crippen molar-refractivity contribution in [1.82, 2.24) is 0 Å². The first kappa shape index (κ1) is 22.2. The molecule has 0 bridgehead atoms. The molecule has 0 aromatic heterocycles. The molecular formula is C26H26N2O5. The van der Waals surface area contributed by atoms with Crippen LogP contribution in [0.2, 0.25) is 0 Å². The van der Waals surface area contributed by atoms with Gasteiger partial charge in [0.05, 0.1) is 12.3 Å². The molecule has 2 amide bonds. The average Bonchev–Trinajstić information content (AvgIpc) is 2.84. The molecule has 1 atom stereocenters. The van der Waals surface area contributed by atoms with E-state index in [4.69, 9.17) is 14.2 Å². The number of fused-ring (bicyclic) bond motifs is 1. The molecule has 1 aliphatic rings. The summed E-state index contributed by atoms with van der Waals surface area (Å²) >= 11 is 0. The maximum atomic E-state index is 12.8. The predicted octanol–water partition coefficient (Wildman–Crippen LogP) is 4.29. The standard InChI is InChI=1S/C26H26N2O5/c1-19-26(30)28(15-8-16-31-21-9-4-2-5-10-21)23-17-20(13-14-24(23)33-19)27-25(29)18-32-22-11-6-3-7-12-22/h2-7,9-14,17,19H,8,15-16,18H2,1H3,(H,27,29). The van der Waals surface area contributed by atoms with Gasteiger partial charge < -0.3 is 24.4 Å². The highest BCUT2D eigenvalue weighted by molar-refractivity contribution is 6.01. The van der Waals surface area contributed by atoms with Gasteiger partial charge in [-0.15, -0.1) is 0 Å². The quantitative estimate of drug-likeness (QED) is 0.497. The number of carbonyl (C=O) groups excluding carboxylic acids is 2. The first-order valence-electron chi connectivity index (χ1n) is 10.9. The second-order valence-electron chi connectivity index (χ2n) is 7.60. The third-order valence-electron chi connectivity index (χ3n) is 5.10. The Balaban J connectivity index is 1.38. The Morgan fingerprint density at radius 2 is 1.64 bits per heavy atom. The summed E-state index contributed by atoms with van der Waals surface area (Å²) in [6.45, 7) is 2.57. The van der Waals surface area contributed by atoms with Crippen LogP contribution >= 0.6 is 0 Å². The highest BCUT2D eigenvalue weighted by Crippen LogP contribution is 2.36. The molecule has 3 aromatic rings. The monoisotopic (exact) mass is 446 g/mol. The van der Waals surface area contributed by atoms with Crippen molar-refractivity contribution in [3.8, 4) is 17.2 Å². The lowest BCUT2D eigenvalue weighted by atomic mass is 10.1. The van der Waals surface area contributed by atoms with Gasteiger partial charge in [0.15, 0.2) is 12.7 Å². The summed E-state index contributed by atoms with van der Waals surface area (Å²) in [5.74, 6) is 1.60. The van der Waals surface area contributed by atoms with E-state index in [0.717, 1.165) is 5.75 Å². The van der Waals surface area contributed by atoms with E-state index < -0.39 is 6.10 Å². The number of amides is 2. The van der Waals surface area contributed by atoms with Crippen molar-refractivity contribution in [3.05, 3.63) is 78.9 Å². The van der Waals surface area contributed by atoms with Crippen LogP contribution in [-0.2, 0) is 9.59 Å². The molecule has 0 aliphatic carbocycles. The normalized spacial score (nSPS) is 14.8. The Hall–Kier alpha value is -4.00. The van der Waals surface area contributed by atoms with Crippen LogP contribution in [0.5, 0.6) is 17.2 Å². The van der Waals surface area contributed by atoms with Gasteiger partial charge >= 0.3 is 0 Å². The van der Waals surface area contributed by atoms with Gasteiger partial charge in [-0.1, -0.05) is 36.4 Å². The number of hydrogen-bond acceptors (Lipinski definition) is 5. The highest BCUT2D eigenvalue weighted by Gasteiger charge is 2.31. The third kappa shape index (κ3) is 5.83. The van der Waals surface area contributed by atoms with E-state index in [2.05, 4.69) is 5.32 Å². The van der Waals surface area contributed by atoms with Gasteiger partial charge in [0.25, 0.3) is 11.8 Å². The smallest absolute Gasteiger partial charge is 0.267 e. The predicted molar refractivity (Wildman–Crippen MR) is 126 cm³/mol. The molecule has 1 unspecified atom stereocenters. The molecule has 0 saturated heterocycles. The Kier molecular flexibility index (Phi) is 7.09. The van der Waals surface area contributed by atoms with Crippen molar-refractivity contribution >= 4 is 23.2 Å². The van der Waals surface area contributed by atoms with E-state index in [1.807, 2.05) is 48.5 Å². The summed E-state index contributed by atoms with van der Waals surface area (Å²) in [4.78, 5) is 26.8. The fourth-order valence-corrected chi connectivity index (χ4v) is 3.51. The molecule has 1 heterocycles. The van der Waals surface area contributed by atoms with Crippen molar-refractivity contribution in [3.63, 3.8) is 0 Å². The van der Waals surface area contributed by atoms with E-state index in [0.29, 0.717) is 42.4 Å². The number of rotatable bonds is 9. The molecule has 0 spiro atoms. The van der Waals surface area contributed by atoms with Crippen LogP contribution < -0.4 is 24.4 Å². The number of anilines is 2. The van der Waals surface area contributed by atoms with E-state index in [-0.39, 0.29) is 18.4 Å².